The van der Waals surface area contributed by atoms with E-state index in [1.807, 2.05) is 39.8 Å². The maximum atomic E-state index is 12.0. The molecule has 0 saturated carbocycles. The second-order valence-electron chi connectivity index (χ2n) is 7.49. The molecule has 2 aromatic rings. The highest BCUT2D eigenvalue weighted by atomic mass is 16.6. The van der Waals surface area contributed by atoms with E-state index in [9.17, 15) is 4.79 Å². The number of hydrogen-bond acceptors (Lipinski definition) is 6. The smallest absolute Gasteiger partial charge is 0.407 e. The molecule has 8 nitrogen and oxygen atoms in total. The lowest BCUT2D eigenvalue weighted by molar-refractivity contribution is 0.0503. The average Bonchev–Trinajstić information content (AvgIpc) is 2.95. The molecule has 0 fully saturated rings. The number of benzene rings is 1. The van der Waals surface area contributed by atoms with Gasteiger partial charge in [-0.2, -0.15) is 5.10 Å². The van der Waals surface area contributed by atoms with Crippen LogP contribution >= 0.6 is 0 Å². The first-order valence-corrected chi connectivity index (χ1v) is 8.74. The van der Waals surface area contributed by atoms with Gasteiger partial charge in [0, 0.05) is 18.0 Å². The third-order valence-corrected chi connectivity index (χ3v) is 3.90. The van der Waals surface area contributed by atoms with Gasteiger partial charge in [-0.3, -0.25) is 4.68 Å². The van der Waals surface area contributed by atoms with Crippen molar-refractivity contribution in [2.75, 3.05) is 13.2 Å². The summed E-state index contributed by atoms with van der Waals surface area (Å²) in [7, 11) is 0. The molecule has 142 valence electrons. The molecule has 1 aromatic carbocycles. The van der Waals surface area contributed by atoms with E-state index in [0.29, 0.717) is 31.2 Å². The Bertz CT molecular complexity index is 796. The molecule has 0 saturated heterocycles. The van der Waals surface area contributed by atoms with Gasteiger partial charge in [0.2, 0.25) is 0 Å². The molecule has 2 unspecified atom stereocenters. The van der Waals surface area contributed by atoms with Crippen LogP contribution in [0.5, 0.6) is 11.5 Å². The molecule has 0 radical (unpaired) electrons. The van der Waals surface area contributed by atoms with E-state index in [2.05, 4.69) is 10.4 Å². The normalized spacial score (nSPS) is 17.8. The van der Waals surface area contributed by atoms with Crippen LogP contribution in [0.3, 0.4) is 0 Å². The summed E-state index contributed by atoms with van der Waals surface area (Å²) in [5.74, 6) is 1.32. The van der Waals surface area contributed by atoms with E-state index in [-0.39, 0.29) is 12.1 Å². The molecule has 0 bridgehead atoms. The van der Waals surface area contributed by atoms with Crippen LogP contribution in [0.15, 0.2) is 18.3 Å². The number of amides is 1. The molecule has 1 amide bonds. The Morgan fingerprint density at radius 3 is 2.96 bits per heavy atom. The van der Waals surface area contributed by atoms with Crippen molar-refractivity contribution >= 4 is 17.0 Å². The Morgan fingerprint density at radius 1 is 1.50 bits per heavy atom. The Kier molecular flexibility index (Phi) is 4.95. The van der Waals surface area contributed by atoms with Gasteiger partial charge in [0.1, 0.15) is 23.8 Å². The molecule has 1 aromatic heterocycles. The monoisotopic (exact) mass is 362 g/mol. The second kappa shape index (κ2) is 7.03. The van der Waals surface area contributed by atoms with E-state index < -0.39 is 11.7 Å². The quantitative estimate of drug-likeness (QED) is 0.863. The summed E-state index contributed by atoms with van der Waals surface area (Å²) in [6.07, 6.45) is 1.13. The molecule has 1 aliphatic rings. The van der Waals surface area contributed by atoms with Crippen molar-refractivity contribution in [1.82, 2.24) is 15.1 Å². The lowest BCUT2D eigenvalue weighted by atomic mass is 10.2. The predicted octanol–water partition coefficient (Wildman–Crippen LogP) is 2.05. The average molecular weight is 362 g/mol. The van der Waals surface area contributed by atoms with Gasteiger partial charge in [0.05, 0.1) is 12.7 Å². The van der Waals surface area contributed by atoms with Crippen molar-refractivity contribution in [3.8, 4) is 11.5 Å². The van der Waals surface area contributed by atoms with Gasteiger partial charge in [-0.25, -0.2) is 4.79 Å². The zero-order chi connectivity index (χ0) is 18.9. The van der Waals surface area contributed by atoms with Crippen molar-refractivity contribution in [3.05, 3.63) is 18.3 Å². The standard InChI is InChI=1S/C18H26N4O4/c1-11(21-17(23)26-18(2,3)4)9-22-15-12(8-20-22)5-6-14-16(15)25-13(7-19)10-24-14/h5-6,8,11,13H,7,9-10,19H2,1-4H3,(H,21,23). The highest BCUT2D eigenvalue weighted by molar-refractivity contribution is 5.87. The number of aromatic nitrogens is 2. The third-order valence-electron chi connectivity index (χ3n) is 3.90. The van der Waals surface area contributed by atoms with E-state index >= 15 is 0 Å². The Morgan fingerprint density at radius 2 is 2.27 bits per heavy atom. The Labute approximate surface area is 152 Å². The van der Waals surface area contributed by atoms with E-state index in [1.54, 1.807) is 10.9 Å². The van der Waals surface area contributed by atoms with Crippen molar-refractivity contribution in [2.24, 2.45) is 5.73 Å². The fraction of sp³-hybridized carbons (Fsp3) is 0.556. The number of nitrogens with zero attached hydrogens (tertiary/aromatic N) is 2. The van der Waals surface area contributed by atoms with Gasteiger partial charge >= 0.3 is 6.09 Å². The number of nitrogens with one attached hydrogen (secondary N) is 1. The fourth-order valence-electron chi connectivity index (χ4n) is 2.81. The predicted molar refractivity (Wildman–Crippen MR) is 97.5 cm³/mol. The molecule has 2 atom stereocenters. The van der Waals surface area contributed by atoms with Gasteiger partial charge in [-0.1, -0.05) is 0 Å². The molecule has 0 aliphatic carbocycles. The van der Waals surface area contributed by atoms with Crippen molar-refractivity contribution < 1.29 is 19.0 Å². The summed E-state index contributed by atoms with van der Waals surface area (Å²) in [6, 6.07) is 3.63. The van der Waals surface area contributed by atoms with Crippen LogP contribution in [0.4, 0.5) is 4.79 Å². The van der Waals surface area contributed by atoms with Gasteiger partial charge < -0.3 is 25.3 Å². The molecule has 3 N–H and O–H groups in total. The number of carbonyl (C=O) groups excluding carboxylic acids is 1. The summed E-state index contributed by atoms with van der Waals surface area (Å²) in [6.45, 7) is 8.66. The minimum atomic E-state index is -0.538. The summed E-state index contributed by atoms with van der Waals surface area (Å²) in [4.78, 5) is 12.0. The maximum Gasteiger partial charge on any atom is 0.407 e. The van der Waals surface area contributed by atoms with E-state index in [0.717, 1.165) is 10.9 Å². The molecule has 3 rings (SSSR count). The van der Waals surface area contributed by atoms with Crippen LogP contribution < -0.4 is 20.5 Å². The SMILES string of the molecule is CC(Cn1ncc2ccc3c(c21)OC(CN)CO3)NC(=O)OC(C)(C)C. The molecule has 2 heterocycles. The zero-order valence-electron chi connectivity index (χ0n) is 15.6. The number of alkyl carbamates (subject to hydrolysis) is 1. The maximum absolute atomic E-state index is 12.0. The first-order valence-electron chi connectivity index (χ1n) is 8.74. The van der Waals surface area contributed by atoms with Crippen LogP contribution in [0, 0.1) is 0 Å². The fourth-order valence-corrected chi connectivity index (χ4v) is 2.81. The topological polar surface area (TPSA) is 101 Å². The van der Waals surface area contributed by atoms with Crippen molar-refractivity contribution in [2.45, 2.75) is 52.0 Å². The van der Waals surface area contributed by atoms with Crippen LogP contribution in [-0.4, -0.2) is 46.8 Å². The first-order chi connectivity index (χ1) is 12.3. The number of nitrogens with two attached hydrogens (primary N) is 1. The highest BCUT2D eigenvalue weighted by Crippen LogP contribution is 2.38. The number of ether oxygens (including phenoxy) is 3. The van der Waals surface area contributed by atoms with Crippen molar-refractivity contribution in [1.29, 1.82) is 0 Å². The Balaban J connectivity index is 1.79. The van der Waals surface area contributed by atoms with Crippen molar-refractivity contribution in [3.63, 3.8) is 0 Å². The summed E-state index contributed by atoms with van der Waals surface area (Å²) < 4.78 is 18.8. The van der Waals surface area contributed by atoms with E-state index in [4.69, 9.17) is 19.9 Å². The van der Waals surface area contributed by atoms with Gasteiger partial charge in [-0.15, -0.1) is 0 Å². The zero-order valence-corrected chi connectivity index (χ0v) is 15.6. The minimum Gasteiger partial charge on any atom is -0.486 e. The molecule has 1 aliphatic heterocycles. The van der Waals surface area contributed by atoms with Crippen LogP contribution in [0.25, 0.3) is 10.9 Å². The van der Waals surface area contributed by atoms with Crippen LogP contribution in [0.1, 0.15) is 27.7 Å². The van der Waals surface area contributed by atoms with Gasteiger partial charge in [0.15, 0.2) is 11.5 Å². The lowest BCUT2D eigenvalue weighted by Gasteiger charge is -2.26. The summed E-state index contributed by atoms with van der Waals surface area (Å²) >= 11 is 0. The van der Waals surface area contributed by atoms with Crippen LogP contribution in [-0.2, 0) is 11.3 Å². The van der Waals surface area contributed by atoms with Crippen LogP contribution in [0.2, 0.25) is 0 Å². The summed E-state index contributed by atoms with van der Waals surface area (Å²) in [5.41, 5.74) is 6.01. The lowest BCUT2D eigenvalue weighted by Crippen LogP contribution is -2.40. The number of hydrogen-bond donors (Lipinski definition) is 2. The molecular formula is C18H26N4O4. The number of rotatable bonds is 4. The largest absolute Gasteiger partial charge is 0.486 e. The van der Waals surface area contributed by atoms with E-state index in [1.165, 1.54) is 0 Å². The number of carbonyl (C=O) groups is 1. The molecule has 26 heavy (non-hydrogen) atoms. The highest BCUT2D eigenvalue weighted by Gasteiger charge is 2.25. The summed E-state index contributed by atoms with van der Waals surface area (Å²) in [5, 5.41) is 8.20. The molecular weight excluding hydrogens is 336 g/mol. The number of fused-ring (bicyclic) bond motifs is 3. The molecule has 8 heteroatoms. The minimum absolute atomic E-state index is 0.182. The van der Waals surface area contributed by atoms with Gasteiger partial charge in [0.25, 0.3) is 0 Å². The van der Waals surface area contributed by atoms with Gasteiger partial charge in [-0.05, 0) is 39.8 Å². The third kappa shape index (κ3) is 4.01. The first kappa shape index (κ1) is 18.3. The molecule has 0 spiro atoms. The Hall–Kier alpha value is -2.48. The second-order valence-corrected chi connectivity index (χ2v) is 7.49.